The maximum atomic E-state index is 14.5. The topological polar surface area (TPSA) is 57.2 Å². The maximum Gasteiger partial charge on any atom is 0.181 e. The average Bonchev–Trinajstić information content (AvgIpc) is 3.25. The number of carbonyl (C=O) groups excluding carboxylic acids is 1. The van der Waals surface area contributed by atoms with E-state index < -0.39 is 11.6 Å². The summed E-state index contributed by atoms with van der Waals surface area (Å²) in [4.78, 5) is 23.4. The fraction of sp³-hybridized carbons (Fsp3) is 0.561. The second-order valence-corrected chi connectivity index (χ2v) is 14.0. The number of ketones is 1. The standard InChI is InChI=1S/C41H58F2N4O2/c1-8-9-10-11-12-13-14-15-16-17-36(48)25-37-29(3)38(30(4)44-26-34-20-21-35(42)24-39(34)43)27-47-40(37)31(5)46-23-22-33(19-18-28(46)2)41(47)45-32(6)49-7/h20-21,24,27-28,33,41,44H,3-5,8-19,22-23,25-26H2,1-2,6-7H3/b45-32+. The second-order valence-electron chi connectivity index (χ2n) is 14.0. The Morgan fingerprint density at radius 2 is 1.73 bits per heavy atom. The minimum absolute atomic E-state index is 0.115. The number of nitrogens with one attached hydrogen (secondary N) is 1. The van der Waals surface area contributed by atoms with E-state index in [0.717, 1.165) is 73.7 Å². The molecule has 3 atom stereocenters. The van der Waals surface area contributed by atoms with E-state index in [9.17, 15) is 13.6 Å². The van der Waals surface area contributed by atoms with Crippen LogP contribution in [-0.2, 0) is 16.1 Å². The molecule has 6 nitrogen and oxygen atoms in total. The minimum atomic E-state index is -0.623. The van der Waals surface area contributed by atoms with Crippen molar-refractivity contribution in [3.05, 3.63) is 95.1 Å². The molecule has 4 rings (SSSR count). The molecule has 2 saturated heterocycles. The van der Waals surface area contributed by atoms with Crippen molar-refractivity contribution >= 4 is 11.7 Å². The largest absolute Gasteiger partial charge is 0.484 e. The van der Waals surface area contributed by atoms with Crippen molar-refractivity contribution in [3.63, 3.8) is 0 Å². The van der Waals surface area contributed by atoms with Gasteiger partial charge < -0.3 is 19.9 Å². The second kappa shape index (κ2) is 18.4. The Morgan fingerprint density at radius 3 is 2.41 bits per heavy atom. The third-order valence-corrected chi connectivity index (χ3v) is 10.4. The number of methoxy groups -OCH3 is 1. The van der Waals surface area contributed by atoms with E-state index in [1.807, 2.05) is 13.1 Å². The molecular formula is C41H58F2N4O2. The molecule has 1 aromatic carbocycles. The highest BCUT2D eigenvalue weighted by Gasteiger charge is 2.41. The molecule has 0 radical (unpaired) electrons. The van der Waals surface area contributed by atoms with Gasteiger partial charge in [0, 0.05) is 73.9 Å². The molecule has 0 spiro atoms. The Labute approximate surface area is 293 Å². The maximum absolute atomic E-state index is 14.5. The predicted molar refractivity (Wildman–Crippen MR) is 196 cm³/mol. The van der Waals surface area contributed by atoms with Crippen molar-refractivity contribution in [1.29, 1.82) is 0 Å². The van der Waals surface area contributed by atoms with Gasteiger partial charge >= 0.3 is 0 Å². The molecule has 0 amide bonds. The summed E-state index contributed by atoms with van der Waals surface area (Å²) in [5, 5.41) is 3.24. The number of benzene rings is 1. The fourth-order valence-electron chi connectivity index (χ4n) is 7.36. The summed E-state index contributed by atoms with van der Waals surface area (Å²) in [7, 11) is 1.63. The Bertz CT molecular complexity index is 1460. The van der Waals surface area contributed by atoms with Crippen LogP contribution >= 0.6 is 0 Å². The third-order valence-electron chi connectivity index (χ3n) is 10.4. The SMILES string of the molecule is C=C(NCc1ccc(F)cc1F)C1=CN2C(=C(CC(=O)CCCCCCCCCCC)C1=C)C(=C)N1CCC(CCC1C)C2/N=C(\C)OC. The quantitative estimate of drug-likeness (QED) is 0.101. The third kappa shape index (κ3) is 9.95. The number of carbonyl (C=O) groups is 1. The van der Waals surface area contributed by atoms with Gasteiger partial charge in [-0.05, 0) is 49.8 Å². The number of unbranched alkanes of at least 4 members (excludes halogenated alkanes) is 8. The number of hydrogen-bond donors (Lipinski definition) is 1. The summed E-state index contributed by atoms with van der Waals surface area (Å²) in [6.07, 6.45) is 16.2. The normalized spacial score (nSPS) is 21.2. The van der Waals surface area contributed by atoms with Crippen LogP contribution in [0.15, 0.2) is 82.9 Å². The summed E-state index contributed by atoms with van der Waals surface area (Å²) >= 11 is 0. The number of fused-ring (bicyclic) bond motifs is 4. The summed E-state index contributed by atoms with van der Waals surface area (Å²) in [5.41, 5.74) is 4.85. The molecule has 0 aromatic heterocycles. The lowest BCUT2D eigenvalue weighted by Crippen LogP contribution is -2.44. The van der Waals surface area contributed by atoms with E-state index in [2.05, 4.69) is 48.7 Å². The number of Topliss-reactive ketones (excluding diaryl/α,β-unsaturated/α-hetero) is 1. The predicted octanol–water partition coefficient (Wildman–Crippen LogP) is 9.87. The molecule has 1 aromatic rings. The zero-order valence-corrected chi connectivity index (χ0v) is 30.4. The van der Waals surface area contributed by atoms with Gasteiger partial charge in [0.2, 0.25) is 0 Å². The molecule has 0 saturated carbocycles. The Kier molecular flexibility index (Phi) is 14.3. The van der Waals surface area contributed by atoms with E-state index in [-0.39, 0.29) is 36.9 Å². The zero-order chi connectivity index (χ0) is 35.5. The molecule has 0 aliphatic carbocycles. The molecule has 3 unspecified atom stereocenters. The Hall–Kier alpha value is -3.68. The first-order valence-corrected chi connectivity index (χ1v) is 18.4. The highest BCUT2D eigenvalue weighted by Crippen LogP contribution is 2.44. The van der Waals surface area contributed by atoms with Crippen LogP contribution in [0.2, 0.25) is 0 Å². The van der Waals surface area contributed by atoms with Crippen molar-refractivity contribution in [1.82, 2.24) is 15.1 Å². The highest BCUT2D eigenvalue weighted by molar-refractivity contribution is 5.83. The number of halogens is 2. The van der Waals surface area contributed by atoms with Gasteiger partial charge in [0.25, 0.3) is 0 Å². The van der Waals surface area contributed by atoms with Crippen molar-refractivity contribution in [2.45, 2.75) is 129 Å². The number of ether oxygens (including phenoxy) is 1. The van der Waals surface area contributed by atoms with Crippen LogP contribution in [0.25, 0.3) is 0 Å². The van der Waals surface area contributed by atoms with Crippen molar-refractivity contribution in [2.24, 2.45) is 10.9 Å². The van der Waals surface area contributed by atoms with E-state index in [1.165, 1.54) is 50.7 Å². The van der Waals surface area contributed by atoms with Gasteiger partial charge in [0.1, 0.15) is 23.6 Å². The first-order chi connectivity index (χ1) is 23.5. The van der Waals surface area contributed by atoms with Crippen LogP contribution < -0.4 is 5.32 Å². The monoisotopic (exact) mass is 676 g/mol. The van der Waals surface area contributed by atoms with E-state index in [0.29, 0.717) is 29.2 Å². The van der Waals surface area contributed by atoms with Gasteiger partial charge in [0.15, 0.2) is 5.90 Å². The van der Waals surface area contributed by atoms with Crippen LogP contribution in [0.1, 0.15) is 116 Å². The first kappa shape index (κ1) is 38.1. The van der Waals surface area contributed by atoms with Crippen LogP contribution in [0.4, 0.5) is 8.78 Å². The molecule has 8 heteroatoms. The fourth-order valence-corrected chi connectivity index (χ4v) is 7.36. The Morgan fingerprint density at radius 1 is 1.04 bits per heavy atom. The lowest BCUT2D eigenvalue weighted by molar-refractivity contribution is -0.118. The summed E-state index contributed by atoms with van der Waals surface area (Å²) in [5.74, 6) is -0.257. The van der Waals surface area contributed by atoms with Crippen LogP contribution in [0, 0.1) is 17.6 Å². The van der Waals surface area contributed by atoms with E-state index >= 15 is 0 Å². The summed E-state index contributed by atoms with van der Waals surface area (Å²) in [6, 6.07) is 3.85. The molecule has 2 bridgehead atoms. The van der Waals surface area contributed by atoms with Gasteiger partial charge in [0.05, 0.1) is 18.5 Å². The molecule has 49 heavy (non-hydrogen) atoms. The number of allylic oxidation sites excluding steroid dienone is 2. The van der Waals surface area contributed by atoms with Crippen molar-refractivity contribution < 1.29 is 18.3 Å². The number of aliphatic imine (C=N–C) groups is 1. The Balaban J connectivity index is 1.63. The summed E-state index contributed by atoms with van der Waals surface area (Å²) in [6.45, 7) is 20.8. The van der Waals surface area contributed by atoms with Gasteiger partial charge in [-0.15, -0.1) is 0 Å². The molecule has 3 aliphatic rings. The number of rotatable bonds is 17. The van der Waals surface area contributed by atoms with E-state index in [4.69, 9.17) is 9.73 Å². The minimum Gasteiger partial charge on any atom is -0.484 e. The average molecular weight is 677 g/mol. The van der Waals surface area contributed by atoms with Crippen LogP contribution in [0.5, 0.6) is 0 Å². The number of hydrogen-bond acceptors (Lipinski definition) is 6. The molecule has 3 heterocycles. The van der Waals surface area contributed by atoms with Gasteiger partial charge in [-0.25, -0.2) is 13.8 Å². The molecule has 1 N–H and O–H groups in total. The van der Waals surface area contributed by atoms with Gasteiger partial charge in [-0.1, -0.05) is 84.1 Å². The number of nitrogens with zero attached hydrogens (tertiary/aromatic N) is 3. The van der Waals surface area contributed by atoms with E-state index in [1.54, 1.807) is 7.11 Å². The highest BCUT2D eigenvalue weighted by atomic mass is 19.1. The molecule has 268 valence electrons. The van der Waals surface area contributed by atoms with Crippen molar-refractivity contribution in [2.75, 3.05) is 13.7 Å². The van der Waals surface area contributed by atoms with Gasteiger partial charge in [-0.3, -0.25) is 4.79 Å². The summed E-state index contributed by atoms with van der Waals surface area (Å²) < 4.78 is 33.7. The molecular weight excluding hydrogens is 618 g/mol. The first-order valence-electron chi connectivity index (χ1n) is 18.4. The van der Waals surface area contributed by atoms with Gasteiger partial charge in [-0.2, -0.15) is 0 Å². The van der Waals surface area contributed by atoms with Crippen molar-refractivity contribution in [3.8, 4) is 0 Å². The van der Waals surface area contributed by atoms with Crippen LogP contribution in [0.3, 0.4) is 0 Å². The molecule has 2 fully saturated rings. The smallest absolute Gasteiger partial charge is 0.181 e. The zero-order valence-electron chi connectivity index (χ0n) is 30.4. The molecule has 3 aliphatic heterocycles. The lowest BCUT2D eigenvalue weighted by Gasteiger charge is -2.45. The van der Waals surface area contributed by atoms with Crippen LogP contribution in [-0.4, -0.2) is 47.3 Å². The lowest BCUT2D eigenvalue weighted by atomic mass is 9.85.